The van der Waals surface area contributed by atoms with Crippen LogP contribution in [0.2, 0.25) is 0 Å². The van der Waals surface area contributed by atoms with Crippen molar-refractivity contribution >= 4 is 0 Å². The van der Waals surface area contributed by atoms with Gasteiger partial charge >= 0.3 is 0 Å². The van der Waals surface area contributed by atoms with Crippen molar-refractivity contribution in [1.82, 2.24) is 9.55 Å². The monoisotopic (exact) mass is 243 g/mol. The minimum absolute atomic E-state index is 0.179. The average molecular weight is 243 g/mol. The van der Waals surface area contributed by atoms with Gasteiger partial charge in [0.1, 0.15) is 5.82 Å². The molecule has 3 nitrogen and oxygen atoms in total. The fourth-order valence-corrected chi connectivity index (χ4v) is 1.86. The van der Waals surface area contributed by atoms with Crippen LogP contribution in [0.5, 0.6) is 0 Å². The standard InChI is InChI=1S/C15H21N3/c1-15(2,12-16)8-10-18-11-9-17-14(18)13-6-4-3-5-7-13/h3-7,9,11H,8,10,12,16H2,1-2H3. The van der Waals surface area contributed by atoms with Gasteiger partial charge < -0.3 is 10.3 Å². The number of aryl methyl sites for hydroxylation is 1. The second-order valence-corrected chi connectivity index (χ2v) is 5.43. The summed E-state index contributed by atoms with van der Waals surface area (Å²) < 4.78 is 2.20. The van der Waals surface area contributed by atoms with Crippen LogP contribution < -0.4 is 5.73 Å². The molecule has 2 aromatic rings. The molecule has 0 atom stereocenters. The van der Waals surface area contributed by atoms with Crippen LogP contribution in [-0.4, -0.2) is 16.1 Å². The van der Waals surface area contributed by atoms with Gasteiger partial charge in [-0.05, 0) is 18.4 Å². The zero-order valence-corrected chi connectivity index (χ0v) is 11.1. The van der Waals surface area contributed by atoms with E-state index in [1.165, 1.54) is 0 Å². The van der Waals surface area contributed by atoms with E-state index in [2.05, 4.69) is 35.5 Å². The van der Waals surface area contributed by atoms with E-state index in [4.69, 9.17) is 5.73 Å². The summed E-state index contributed by atoms with van der Waals surface area (Å²) >= 11 is 0. The van der Waals surface area contributed by atoms with Gasteiger partial charge in [-0.25, -0.2) is 4.98 Å². The zero-order valence-electron chi connectivity index (χ0n) is 11.1. The lowest BCUT2D eigenvalue weighted by Crippen LogP contribution is -2.25. The molecule has 0 unspecified atom stereocenters. The molecule has 2 rings (SSSR count). The number of rotatable bonds is 5. The predicted molar refractivity (Wildman–Crippen MR) is 75.1 cm³/mol. The van der Waals surface area contributed by atoms with Crippen molar-refractivity contribution in [2.45, 2.75) is 26.8 Å². The Bertz CT molecular complexity index is 485. The van der Waals surface area contributed by atoms with E-state index in [0.717, 1.165) is 24.4 Å². The molecule has 0 saturated heterocycles. The molecular weight excluding hydrogens is 222 g/mol. The topological polar surface area (TPSA) is 43.8 Å². The Morgan fingerprint density at radius 1 is 1.22 bits per heavy atom. The van der Waals surface area contributed by atoms with Crippen LogP contribution in [0.15, 0.2) is 42.7 Å². The van der Waals surface area contributed by atoms with Gasteiger partial charge in [0.2, 0.25) is 0 Å². The fourth-order valence-electron chi connectivity index (χ4n) is 1.86. The summed E-state index contributed by atoms with van der Waals surface area (Å²) in [6, 6.07) is 10.3. The Hall–Kier alpha value is -1.61. The molecule has 3 heteroatoms. The van der Waals surface area contributed by atoms with Crippen LogP contribution in [0, 0.1) is 5.41 Å². The number of hydrogen-bond donors (Lipinski definition) is 1. The lowest BCUT2D eigenvalue weighted by molar-refractivity contribution is 0.325. The summed E-state index contributed by atoms with van der Waals surface area (Å²) in [5, 5.41) is 0. The van der Waals surface area contributed by atoms with E-state index in [-0.39, 0.29) is 5.41 Å². The molecule has 0 amide bonds. The second kappa shape index (κ2) is 5.36. The maximum Gasteiger partial charge on any atom is 0.139 e. The van der Waals surface area contributed by atoms with Crippen LogP contribution >= 0.6 is 0 Å². The summed E-state index contributed by atoms with van der Waals surface area (Å²) in [7, 11) is 0. The molecular formula is C15H21N3. The van der Waals surface area contributed by atoms with Gasteiger partial charge in [0.15, 0.2) is 0 Å². The van der Waals surface area contributed by atoms with Gasteiger partial charge in [0.25, 0.3) is 0 Å². The number of nitrogens with two attached hydrogens (primary N) is 1. The van der Waals surface area contributed by atoms with Gasteiger partial charge in [0, 0.05) is 24.5 Å². The van der Waals surface area contributed by atoms with Crippen molar-refractivity contribution in [1.29, 1.82) is 0 Å². The molecule has 1 aromatic carbocycles. The van der Waals surface area contributed by atoms with Crippen LogP contribution in [0.3, 0.4) is 0 Å². The second-order valence-electron chi connectivity index (χ2n) is 5.43. The third kappa shape index (κ3) is 2.99. The van der Waals surface area contributed by atoms with Crippen molar-refractivity contribution in [2.75, 3.05) is 6.54 Å². The van der Waals surface area contributed by atoms with Crippen molar-refractivity contribution in [3.05, 3.63) is 42.7 Å². The highest BCUT2D eigenvalue weighted by atomic mass is 15.1. The van der Waals surface area contributed by atoms with E-state index >= 15 is 0 Å². The fraction of sp³-hybridized carbons (Fsp3) is 0.400. The lowest BCUT2D eigenvalue weighted by atomic mass is 9.89. The first-order valence-corrected chi connectivity index (χ1v) is 6.39. The highest BCUT2D eigenvalue weighted by molar-refractivity contribution is 5.55. The number of benzene rings is 1. The number of imidazole rings is 1. The molecule has 0 aliphatic heterocycles. The molecule has 0 radical (unpaired) electrons. The van der Waals surface area contributed by atoms with E-state index < -0.39 is 0 Å². The van der Waals surface area contributed by atoms with Crippen molar-refractivity contribution in [3.8, 4) is 11.4 Å². The third-order valence-corrected chi connectivity index (χ3v) is 3.33. The Labute approximate surface area is 109 Å². The number of nitrogens with zero attached hydrogens (tertiary/aromatic N) is 2. The summed E-state index contributed by atoms with van der Waals surface area (Å²) in [6.07, 6.45) is 4.95. The van der Waals surface area contributed by atoms with E-state index in [1.54, 1.807) is 0 Å². The highest BCUT2D eigenvalue weighted by Gasteiger charge is 2.16. The SMILES string of the molecule is CC(C)(CN)CCn1ccnc1-c1ccccc1. The molecule has 0 aliphatic carbocycles. The Balaban J connectivity index is 2.14. The van der Waals surface area contributed by atoms with Crippen molar-refractivity contribution in [3.63, 3.8) is 0 Å². The minimum atomic E-state index is 0.179. The molecule has 96 valence electrons. The van der Waals surface area contributed by atoms with Crippen molar-refractivity contribution < 1.29 is 0 Å². The first kappa shape index (κ1) is 12.8. The van der Waals surface area contributed by atoms with Gasteiger partial charge in [-0.15, -0.1) is 0 Å². The van der Waals surface area contributed by atoms with Crippen LogP contribution in [0.1, 0.15) is 20.3 Å². The van der Waals surface area contributed by atoms with E-state index in [0.29, 0.717) is 6.54 Å². The van der Waals surface area contributed by atoms with Gasteiger partial charge in [0.05, 0.1) is 0 Å². The molecule has 0 spiro atoms. The van der Waals surface area contributed by atoms with E-state index in [1.807, 2.05) is 30.6 Å². The van der Waals surface area contributed by atoms with Gasteiger partial charge in [-0.3, -0.25) is 0 Å². The first-order valence-electron chi connectivity index (χ1n) is 6.39. The maximum absolute atomic E-state index is 5.77. The minimum Gasteiger partial charge on any atom is -0.331 e. The number of hydrogen-bond acceptors (Lipinski definition) is 2. The predicted octanol–water partition coefficient (Wildman–Crippen LogP) is 2.93. The van der Waals surface area contributed by atoms with Gasteiger partial charge in [-0.2, -0.15) is 0 Å². The largest absolute Gasteiger partial charge is 0.331 e. The van der Waals surface area contributed by atoms with E-state index in [9.17, 15) is 0 Å². The summed E-state index contributed by atoms with van der Waals surface area (Å²) in [6.45, 7) is 6.06. The molecule has 1 aromatic heterocycles. The smallest absolute Gasteiger partial charge is 0.139 e. The maximum atomic E-state index is 5.77. The Morgan fingerprint density at radius 3 is 2.61 bits per heavy atom. The quantitative estimate of drug-likeness (QED) is 0.877. The molecule has 0 aliphatic rings. The van der Waals surface area contributed by atoms with Crippen molar-refractivity contribution in [2.24, 2.45) is 11.1 Å². The average Bonchev–Trinajstić information content (AvgIpc) is 2.86. The summed E-state index contributed by atoms with van der Waals surface area (Å²) in [5.74, 6) is 1.03. The van der Waals surface area contributed by atoms with Crippen LogP contribution in [-0.2, 0) is 6.54 Å². The van der Waals surface area contributed by atoms with Gasteiger partial charge in [-0.1, -0.05) is 44.2 Å². The highest BCUT2D eigenvalue weighted by Crippen LogP contribution is 2.22. The molecule has 18 heavy (non-hydrogen) atoms. The molecule has 2 N–H and O–H groups in total. The first-order chi connectivity index (χ1) is 8.62. The lowest BCUT2D eigenvalue weighted by Gasteiger charge is -2.22. The Kier molecular flexibility index (Phi) is 3.82. The Morgan fingerprint density at radius 2 is 1.94 bits per heavy atom. The number of aromatic nitrogens is 2. The molecule has 0 fully saturated rings. The molecule has 0 bridgehead atoms. The summed E-state index contributed by atoms with van der Waals surface area (Å²) in [5.41, 5.74) is 7.11. The van der Waals surface area contributed by atoms with Crippen LogP contribution in [0.4, 0.5) is 0 Å². The molecule has 1 heterocycles. The third-order valence-electron chi connectivity index (χ3n) is 3.33. The van der Waals surface area contributed by atoms with Crippen LogP contribution in [0.25, 0.3) is 11.4 Å². The zero-order chi connectivity index (χ0) is 13.0. The normalized spacial score (nSPS) is 11.7. The summed E-state index contributed by atoms with van der Waals surface area (Å²) in [4.78, 5) is 4.44. The molecule has 0 saturated carbocycles.